The fourth-order valence-corrected chi connectivity index (χ4v) is 3.42. The molecule has 35 heavy (non-hydrogen) atoms. The third-order valence-corrected chi connectivity index (χ3v) is 5.32. The summed E-state index contributed by atoms with van der Waals surface area (Å²) in [6.07, 6.45) is 3.22. The summed E-state index contributed by atoms with van der Waals surface area (Å²) in [6, 6.07) is 17.9. The number of hydrazone groups is 1. The molecule has 0 radical (unpaired) electrons. The molecule has 0 fully saturated rings. The molecule has 4 rings (SSSR count). The largest absolute Gasteiger partial charge is 0.489 e. The predicted molar refractivity (Wildman–Crippen MR) is 138 cm³/mol. The van der Waals surface area contributed by atoms with Crippen molar-refractivity contribution >= 4 is 34.6 Å². The van der Waals surface area contributed by atoms with Crippen LogP contribution in [0.4, 0.5) is 15.9 Å². The van der Waals surface area contributed by atoms with Crippen LogP contribution >= 0.6 is 0 Å². The molecule has 1 aromatic heterocycles. The van der Waals surface area contributed by atoms with Crippen molar-refractivity contribution < 1.29 is 9.13 Å². The van der Waals surface area contributed by atoms with Crippen LogP contribution in [-0.4, -0.2) is 41.2 Å². The molecule has 0 aliphatic carbocycles. The summed E-state index contributed by atoms with van der Waals surface area (Å²) in [5.74, 6) is 1.43. The van der Waals surface area contributed by atoms with Crippen LogP contribution in [0, 0.1) is 12.7 Å². The van der Waals surface area contributed by atoms with E-state index in [1.807, 2.05) is 49.4 Å². The maximum atomic E-state index is 13.4. The van der Waals surface area contributed by atoms with Crippen LogP contribution in [-0.2, 0) is 6.61 Å². The number of guanidine groups is 1. The molecule has 8 nitrogen and oxygen atoms in total. The second-order valence-corrected chi connectivity index (χ2v) is 7.87. The number of anilines is 2. The minimum atomic E-state index is -0.278. The van der Waals surface area contributed by atoms with E-state index in [1.165, 1.54) is 23.5 Å². The van der Waals surface area contributed by atoms with Gasteiger partial charge < -0.3 is 15.8 Å². The lowest BCUT2D eigenvalue weighted by atomic mass is 10.1. The topological polar surface area (TPSA) is 101 Å². The van der Waals surface area contributed by atoms with E-state index >= 15 is 0 Å². The van der Waals surface area contributed by atoms with Crippen molar-refractivity contribution in [3.05, 3.63) is 89.5 Å². The zero-order valence-corrected chi connectivity index (χ0v) is 19.7. The highest BCUT2D eigenvalue weighted by Gasteiger charge is 2.08. The van der Waals surface area contributed by atoms with Gasteiger partial charge in [-0.3, -0.25) is 4.99 Å². The average Bonchev–Trinajstić information content (AvgIpc) is 2.86. The highest BCUT2D eigenvalue weighted by molar-refractivity contribution is 5.95. The smallest absolute Gasteiger partial charge is 0.211 e. The van der Waals surface area contributed by atoms with Crippen molar-refractivity contribution in [3.63, 3.8) is 0 Å². The van der Waals surface area contributed by atoms with E-state index in [1.54, 1.807) is 26.4 Å². The van der Waals surface area contributed by atoms with E-state index in [9.17, 15) is 4.39 Å². The number of hydrogen-bond acceptors (Lipinski definition) is 6. The van der Waals surface area contributed by atoms with Crippen molar-refractivity contribution in [2.45, 2.75) is 13.5 Å². The molecule has 0 unspecified atom stereocenters. The molecule has 4 aromatic rings. The summed E-state index contributed by atoms with van der Waals surface area (Å²) in [4.78, 5) is 12.7. The highest BCUT2D eigenvalue weighted by atomic mass is 19.1. The van der Waals surface area contributed by atoms with E-state index in [0.717, 1.165) is 39.0 Å². The minimum absolute atomic E-state index is 0.278. The van der Waals surface area contributed by atoms with Crippen LogP contribution in [0.15, 0.2) is 77.1 Å². The number of rotatable bonds is 7. The van der Waals surface area contributed by atoms with E-state index < -0.39 is 0 Å². The van der Waals surface area contributed by atoms with Crippen molar-refractivity contribution in [1.29, 1.82) is 0 Å². The van der Waals surface area contributed by atoms with Crippen LogP contribution in [0.3, 0.4) is 0 Å². The molecule has 3 aromatic carbocycles. The summed E-state index contributed by atoms with van der Waals surface area (Å²) in [5.41, 5.74) is 10.00. The number of ether oxygens (including phenoxy) is 1. The van der Waals surface area contributed by atoms with Crippen LogP contribution in [0.1, 0.15) is 16.7 Å². The summed E-state index contributed by atoms with van der Waals surface area (Å²) in [7, 11) is 3.33. The zero-order chi connectivity index (χ0) is 24.8. The fourth-order valence-electron chi connectivity index (χ4n) is 3.42. The van der Waals surface area contributed by atoms with Crippen molar-refractivity contribution in [2.24, 2.45) is 15.8 Å². The normalized spacial score (nSPS) is 11.7. The van der Waals surface area contributed by atoms with Gasteiger partial charge in [0.25, 0.3) is 0 Å². The molecule has 0 saturated heterocycles. The molecular formula is C26H26FN7O. The minimum Gasteiger partial charge on any atom is -0.489 e. The Morgan fingerprint density at radius 1 is 1.14 bits per heavy atom. The van der Waals surface area contributed by atoms with Crippen molar-refractivity contribution in [1.82, 2.24) is 15.0 Å². The number of aliphatic imine (C=N–C) groups is 1. The van der Waals surface area contributed by atoms with Gasteiger partial charge in [-0.25, -0.2) is 19.4 Å². The first kappa shape index (κ1) is 23.6. The van der Waals surface area contributed by atoms with Gasteiger partial charge in [0.15, 0.2) is 0 Å². The van der Waals surface area contributed by atoms with E-state index in [4.69, 9.17) is 10.5 Å². The van der Waals surface area contributed by atoms with Gasteiger partial charge in [-0.05, 0) is 66.1 Å². The molecule has 1 heterocycles. The Hall–Kier alpha value is -4.53. The van der Waals surface area contributed by atoms with Gasteiger partial charge in [0, 0.05) is 25.2 Å². The number of nitrogens with two attached hydrogens (primary N) is 1. The van der Waals surface area contributed by atoms with Crippen molar-refractivity contribution in [3.8, 4) is 5.75 Å². The summed E-state index contributed by atoms with van der Waals surface area (Å²) < 4.78 is 19.3. The Balaban J connectivity index is 1.52. The lowest BCUT2D eigenvalue weighted by Gasteiger charge is -2.13. The Kier molecular flexibility index (Phi) is 7.15. The van der Waals surface area contributed by atoms with E-state index in [-0.39, 0.29) is 12.4 Å². The third kappa shape index (κ3) is 5.89. The summed E-state index contributed by atoms with van der Waals surface area (Å²) in [5, 5.41) is 10.0. The Morgan fingerprint density at radius 3 is 2.77 bits per heavy atom. The molecular weight excluding hydrogens is 445 g/mol. The van der Waals surface area contributed by atoms with Crippen LogP contribution in [0.5, 0.6) is 5.75 Å². The Morgan fingerprint density at radius 2 is 2.00 bits per heavy atom. The number of hydrogen-bond donors (Lipinski definition) is 2. The standard InChI is InChI=1S/C26H26FN7O/c1-17-11-21(8-10-24(17)35-15-19-5-4-6-20(27)12-19)33-25-22-13-18(7-9-23(22)30-16-31-25)14-32-34(3)26(28)29-2/h4-14,16H,15H2,1-3H3,(H2,28,29)(H,30,31,33)/b32-14+. The molecule has 0 saturated carbocycles. The number of benzene rings is 3. The first-order valence-corrected chi connectivity index (χ1v) is 10.9. The molecule has 0 atom stereocenters. The molecule has 178 valence electrons. The second kappa shape index (κ2) is 10.6. The third-order valence-electron chi connectivity index (χ3n) is 5.32. The lowest BCUT2D eigenvalue weighted by molar-refractivity contribution is 0.303. The van der Waals surface area contributed by atoms with E-state index in [0.29, 0.717) is 11.8 Å². The van der Waals surface area contributed by atoms with Gasteiger partial charge in [0.05, 0.1) is 11.7 Å². The number of halogens is 1. The number of aryl methyl sites for hydroxylation is 1. The lowest BCUT2D eigenvalue weighted by Crippen LogP contribution is -2.29. The molecule has 0 spiro atoms. The maximum absolute atomic E-state index is 13.4. The first-order valence-electron chi connectivity index (χ1n) is 10.9. The number of nitrogens with one attached hydrogen (secondary N) is 1. The van der Waals surface area contributed by atoms with Crippen LogP contribution in [0.25, 0.3) is 10.9 Å². The molecule has 0 bridgehead atoms. The van der Waals surface area contributed by atoms with Gasteiger partial charge in [-0.1, -0.05) is 18.2 Å². The molecule has 0 amide bonds. The van der Waals surface area contributed by atoms with Gasteiger partial charge in [-0.15, -0.1) is 0 Å². The zero-order valence-electron chi connectivity index (χ0n) is 19.7. The van der Waals surface area contributed by atoms with Gasteiger partial charge in [0.1, 0.15) is 30.3 Å². The van der Waals surface area contributed by atoms with Gasteiger partial charge in [0.2, 0.25) is 5.96 Å². The summed E-state index contributed by atoms with van der Waals surface area (Å²) >= 11 is 0. The van der Waals surface area contributed by atoms with Crippen molar-refractivity contribution in [2.75, 3.05) is 19.4 Å². The fraction of sp³-hybridized carbons (Fsp3) is 0.154. The van der Waals surface area contributed by atoms with Gasteiger partial charge in [-0.2, -0.15) is 5.10 Å². The SMILES string of the molecule is CN=C(N)N(C)/N=C/c1ccc2ncnc(Nc3ccc(OCc4cccc(F)c4)c(C)c3)c2c1. The molecule has 9 heteroatoms. The van der Waals surface area contributed by atoms with Gasteiger partial charge >= 0.3 is 0 Å². The quantitative estimate of drug-likeness (QED) is 0.232. The molecule has 0 aliphatic rings. The van der Waals surface area contributed by atoms with Crippen LogP contribution in [0.2, 0.25) is 0 Å². The molecule has 0 aliphatic heterocycles. The Labute approximate surface area is 203 Å². The van der Waals surface area contributed by atoms with E-state index in [2.05, 4.69) is 25.4 Å². The first-order chi connectivity index (χ1) is 16.9. The monoisotopic (exact) mass is 471 g/mol. The Bertz CT molecular complexity index is 1400. The highest BCUT2D eigenvalue weighted by Crippen LogP contribution is 2.27. The second-order valence-electron chi connectivity index (χ2n) is 7.87. The predicted octanol–water partition coefficient (Wildman–Crippen LogP) is 4.61. The summed E-state index contributed by atoms with van der Waals surface area (Å²) in [6.45, 7) is 2.25. The number of nitrogens with zero attached hydrogens (tertiary/aromatic N) is 5. The maximum Gasteiger partial charge on any atom is 0.211 e. The average molecular weight is 472 g/mol. The van der Waals surface area contributed by atoms with Crippen LogP contribution < -0.4 is 15.8 Å². The molecule has 3 N–H and O–H groups in total. The number of aromatic nitrogens is 2. The number of fused-ring (bicyclic) bond motifs is 1.